The van der Waals surface area contributed by atoms with Crippen molar-refractivity contribution in [3.05, 3.63) is 0 Å². The maximum absolute atomic E-state index is 13.2. The van der Waals surface area contributed by atoms with Crippen molar-refractivity contribution in [2.75, 3.05) is 13.2 Å². The predicted molar refractivity (Wildman–Crippen MR) is 284 cm³/mol. The van der Waals surface area contributed by atoms with E-state index in [0.717, 1.165) is 38.5 Å². The first-order valence-corrected chi connectivity index (χ1v) is 29.9. The topological polar surface area (TPSA) is 189 Å². The van der Waals surface area contributed by atoms with E-state index in [4.69, 9.17) is 9.47 Å². The van der Waals surface area contributed by atoms with Crippen LogP contribution in [-0.4, -0.2) is 110 Å². The summed E-state index contributed by atoms with van der Waals surface area (Å²) in [7, 11) is 0. The number of carbonyl (C=O) groups is 1. The molecule has 0 bridgehead atoms. The van der Waals surface area contributed by atoms with Gasteiger partial charge in [-0.05, 0) is 12.8 Å². The summed E-state index contributed by atoms with van der Waals surface area (Å²) >= 11 is 0. The van der Waals surface area contributed by atoms with Gasteiger partial charge in [-0.25, -0.2) is 0 Å². The number of aliphatic hydroxyl groups excluding tert-OH is 7. The SMILES string of the molecule is CCCCCCCCCCCCCCCCCCCCCCCCC(O)C(O)C(COC1OC(CO)C(O)C(O)C1O)NC(=O)C(O)CCCCCCCCCCCCCCCCCCCCCC. The molecule has 412 valence electrons. The number of rotatable bonds is 52. The van der Waals surface area contributed by atoms with Crippen molar-refractivity contribution in [2.45, 2.75) is 351 Å². The van der Waals surface area contributed by atoms with Crippen molar-refractivity contribution >= 4 is 5.91 Å². The lowest BCUT2D eigenvalue weighted by Gasteiger charge is -2.40. The van der Waals surface area contributed by atoms with Gasteiger partial charge in [0.15, 0.2) is 6.29 Å². The lowest BCUT2D eigenvalue weighted by Crippen LogP contribution is -2.60. The number of ether oxygens (including phenoxy) is 2. The van der Waals surface area contributed by atoms with Crippen LogP contribution < -0.4 is 5.32 Å². The van der Waals surface area contributed by atoms with Crippen LogP contribution >= 0.6 is 0 Å². The quantitative estimate of drug-likeness (QED) is 0.0272. The lowest BCUT2D eigenvalue weighted by atomic mass is 9.98. The monoisotopic (exact) mass is 986 g/mol. The van der Waals surface area contributed by atoms with Gasteiger partial charge in [0, 0.05) is 0 Å². The molecule has 0 aromatic carbocycles. The molecule has 1 heterocycles. The third-order valence-corrected chi connectivity index (χ3v) is 14.9. The summed E-state index contributed by atoms with van der Waals surface area (Å²) in [4.78, 5) is 13.2. The van der Waals surface area contributed by atoms with Crippen LogP contribution in [0.1, 0.15) is 296 Å². The van der Waals surface area contributed by atoms with Crippen molar-refractivity contribution in [1.82, 2.24) is 5.32 Å². The Balaban J connectivity index is 2.29. The Morgan fingerprint density at radius 3 is 1.07 bits per heavy atom. The molecule has 1 fully saturated rings. The van der Waals surface area contributed by atoms with Gasteiger partial charge in [-0.2, -0.15) is 0 Å². The largest absolute Gasteiger partial charge is 0.394 e. The smallest absolute Gasteiger partial charge is 0.249 e. The summed E-state index contributed by atoms with van der Waals surface area (Å²) in [6, 6.07) is -1.16. The van der Waals surface area contributed by atoms with E-state index in [9.17, 15) is 40.5 Å². The van der Waals surface area contributed by atoms with Crippen LogP contribution in [0.5, 0.6) is 0 Å². The second kappa shape index (κ2) is 48.1. The summed E-state index contributed by atoms with van der Waals surface area (Å²) in [6.07, 6.45) is 42.9. The van der Waals surface area contributed by atoms with Crippen LogP contribution in [0.15, 0.2) is 0 Å². The van der Waals surface area contributed by atoms with Gasteiger partial charge in [0.1, 0.15) is 36.6 Å². The third kappa shape index (κ3) is 36.6. The highest BCUT2D eigenvalue weighted by Crippen LogP contribution is 2.24. The highest BCUT2D eigenvalue weighted by Gasteiger charge is 2.44. The number of aliphatic hydroxyl groups is 7. The van der Waals surface area contributed by atoms with Crippen LogP contribution in [0.25, 0.3) is 0 Å². The summed E-state index contributed by atoms with van der Waals surface area (Å²) in [5.74, 6) is -0.689. The Morgan fingerprint density at radius 1 is 0.449 bits per heavy atom. The molecule has 1 rings (SSSR count). The van der Waals surface area contributed by atoms with Crippen LogP contribution in [0.4, 0.5) is 0 Å². The Kier molecular flexibility index (Phi) is 46.1. The molecule has 1 aliphatic heterocycles. The number of hydrogen-bond acceptors (Lipinski definition) is 10. The molecule has 69 heavy (non-hydrogen) atoms. The minimum absolute atomic E-state index is 0.267. The first-order valence-electron chi connectivity index (χ1n) is 29.9. The van der Waals surface area contributed by atoms with E-state index in [2.05, 4.69) is 19.2 Å². The van der Waals surface area contributed by atoms with Crippen molar-refractivity contribution in [3.8, 4) is 0 Å². The van der Waals surface area contributed by atoms with E-state index in [-0.39, 0.29) is 6.42 Å². The highest BCUT2D eigenvalue weighted by molar-refractivity contribution is 5.80. The molecule has 9 unspecified atom stereocenters. The van der Waals surface area contributed by atoms with Crippen LogP contribution in [-0.2, 0) is 14.3 Å². The van der Waals surface area contributed by atoms with Gasteiger partial charge in [-0.15, -0.1) is 0 Å². The molecular formula is C58H115NO10. The fraction of sp³-hybridized carbons (Fsp3) is 0.983. The molecule has 1 saturated heterocycles. The first-order chi connectivity index (χ1) is 33.7. The van der Waals surface area contributed by atoms with Crippen molar-refractivity contribution in [3.63, 3.8) is 0 Å². The molecule has 11 nitrogen and oxygen atoms in total. The van der Waals surface area contributed by atoms with Crippen molar-refractivity contribution in [1.29, 1.82) is 0 Å². The van der Waals surface area contributed by atoms with E-state index in [1.807, 2.05) is 0 Å². The number of nitrogens with one attached hydrogen (secondary N) is 1. The van der Waals surface area contributed by atoms with Crippen LogP contribution in [0, 0.1) is 0 Å². The zero-order valence-corrected chi connectivity index (χ0v) is 45.1. The van der Waals surface area contributed by atoms with Gasteiger partial charge in [-0.1, -0.05) is 284 Å². The Bertz CT molecular complexity index is 1090. The number of amides is 1. The van der Waals surface area contributed by atoms with E-state index in [1.165, 1.54) is 218 Å². The number of hydrogen-bond donors (Lipinski definition) is 8. The zero-order valence-electron chi connectivity index (χ0n) is 45.1. The standard InChI is InChI=1S/C58H115NO10/c1-3-5-7-9-11-13-15-17-19-21-23-25-26-28-29-31-33-35-37-39-41-43-45-50(61)53(63)49(48-68-58-56(66)55(65)54(64)52(47-60)69-58)59-57(67)51(62)46-44-42-40-38-36-34-32-30-27-24-22-20-18-16-14-12-10-8-6-4-2/h49-56,58,60-66H,3-48H2,1-2H3,(H,59,67). The predicted octanol–water partition coefficient (Wildman–Crippen LogP) is 12.6. The molecule has 0 aromatic heterocycles. The molecular weight excluding hydrogens is 871 g/mol. The molecule has 11 heteroatoms. The number of unbranched alkanes of at least 4 members (excludes halogenated alkanes) is 40. The lowest BCUT2D eigenvalue weighted by molar-refractivity contribution is -0.303. The van der Waals surface area contributed by atoms with Gasteiger partial charge in [0.05, 0.1) is 25.4 Å². The average Bonchev–Trinajstić information content (AvgIpc) is 3.35. The third-order valence-electron chi connectivity index (χ3n) is 14.9. The summed E-state index contributed by atoms with van der Waals surface area (Å²) in [6.45, 7) is 3.50. The van der Waals surface area contributed by atoms with Crippen LogP contribution in [0.2, 0.25) is 0 Å². The Labute approximate surface area is 424 Å². The molecule has 0 spiro atoms. The van der Waals surface area contributed by atoms with E-state index in [0.29, 0.717) is 19.3 Å². The molecule has 0 aliphatic carbocycles. The zero-order chi connectivity index (χ0) is 50.4. The molecule has 1 aliphatic rings. The summed E-state index contributed by atoms with van der Waals surface area (Å²) in [5.41, 5.74) is 0. The molecule has 8 N–H and O–H groups in total. The second-order valence-corrected chi connectivity index (χ2v) is 21.4. The van der Waals surface area contributed by atoms with Gasteiger partial charge < -0.3 is 50.5 Å². The summed E-state index contributed by atoms with van der Waals surface area (Å²) in [5, 5.41) is 76.2. The van der Waals surface area contributed by atoms with E-state index < -0.39 is 74.2 Å². The molecule has 0 saturated carbocycles. The minimum Gasteiger partial charge on any atom is -0.394 e. The van der Waals surface area contributed by atoms with Crippen molar-refractivity contribution < 1.29 is 50.0 Å². The van der Waals surface area contributed by atoms with E-state index in [1.54, 1.807) is 0 Å². The van der Waals surface area contributed by atoms with Gasteiger partial charge in [0.2, 0.25) is 5.91 Å². The van der Waals surface area contributed by atoms with Crippen molar-refractivity contribution in [2.24, 2.45) is 0 Å². The maximum atomic E-state index is 13.2. The van der Waals surface area contributed by atoms with E-state index >= 15 is 0 Å². The summed E-state index contributed by atoms with van der Waals surface area (Å²) < 4.78 is 11.2. The first kappa shape index (κ1) is 66.1. The Hall–Kier alpha value is -0.890. The van der Waals surface area contributed by atoms with Crippen LogP contribution in [0.3, 0.4) is 0 Å². The fourth-order valence-electron chi connectivity index (χ4n) is 10.0. The van der Waals surface area contributed by atoms with Gasteiger partial charge >= 0.3 is 0 Å². The minimum atomic E-state index is -1.66. The molecule has 9 atom stereocenters. The maximum Gasteiger partial charge on any atom is 0.249 e. The fourth-order valence-corrected chi connectivity index (χ4v) is 10.0. The average molecular weight is 987 g/mol. The Morgan fingerprint density at radius 2 is 0.754 bits per heavy atom. The van der Waals surface area contributed by atoms with Gasteiger partial charge in [0.25, 0.3) is 0 Å². The highest BCUT2D eigenvalue weighted by atomic mass is 16.7. The normalized spacial score (nSPS) is 20.3. The molecule has 0 radical (unpaired) electrons. The second-order valence-electron chi connectivity index (χ2n) is 21.4. The molecule has 1 amide bonds. The number of carbonyl (C=O) groups excluding carboxylic acids is 1. The van der Waals surface area contributed by atoms with Gasteiger partial charge in [-0.3, -0.25) is 4.79 Å². The molecule has 0 aromatic rings.